The minimum absolute atomic E-state index is 0.877. The minimum Gasteiger partial charge on any atom is -0.348 e. The van der Waals surface area contributed by atoms with Crippen LogP contribution in [-0.4, -0.2) is 15.7 Å². The van der Waals surface area contributed by atoms with Gasteiger partial charge in [0.25, 0.3) is 0 Å². The quantitative estimate of drug-likeness (QED) is 0.569. The zero-order chi connectivity index (χ0) is 5.82. The lowest BCUT2D eigenvalue weighted by atomic mass is 10.4. The molecular weight excluding hydrogens is 120 g/mol. The molecule has 0 aliphatic heterocycles. The third-order valence-corrected chi connectivity index (χ3v) is 1.16. The summed E-state index contributed by atoms with van der Waals surface area (Å²) in [5, 5.41) is 0. The molecule has 1 aromatic rings. The van der Waals surface area contributed by atoms with Crippen LogP contribution < -0.4 is 0 Å². The second-order valence-corrected chi connectivity index (χ2v) is 2.00. The van der Waals surface area contributed by atoms with E-state index >= 15 is 0 Å². The molecule has 0 amide bonds. The Morgan fingerprint density at radius 3 is 3.12 bits per heavy atom. The topological polar surface area (TPSA) is 28.7 Å². The summed E-state index contributed by atoms with van der Waals surface area (Å²) in [7, 11) is 0. The summed E-state index contributed by atoms with van der Waals surface area (Å²) in [6.07, 6.45) is 4.47. The Morgan fingerprint density at radius 2 is 2.62 bits per heavy atom. The number of aryl methyl sites for hydroxylation is 1. The first-order valence-corrected chi connectivity index (χ1v) is 3.15. The first-order chi connectivity index (χ1) is 3.93. The fourth-order valence-electron chi connectivity index (χ4n) is 0.542. The summed E-state index contributed by atoms with van der Waals surface area (Å²) in [6.45, 7) is 0. The van der Waals surface area contributed by atoms with Gasteiger partial charge in [0.15, 0.2) is 0 Å². The Morgan fingerprint density at radius 1 is 1.75 bits per heavy atom. The number of rotatable bonds is 2. The highest BCUT2D eigenvalue weighted by Gasteiger charge is 1.87. The van der Waals surface area contributed by atoms with E-state index in [-0.39, 0.29) is 0 Å². The van der Waals surface area contributed by atoms with Gasteiger partial charge >= 0.3 is 0 Å². The molecule has 0 bridgehead atoms. The lowest BCUT2D eigenvalue weighted by Crippen LogP contribution is -1.83. The molecule has 0 saturated carbocycles. The van der Waals surface area contributed by atoms with Crippen molar-refractivity contribution in [3.63, 3.8) is 0 Å². The summed E-state index contributed by atoms with van der Waals surface area (Å²) in [4.78, 5) is 6.83. The van der Waals surface area contributed by atoms with E-state index in [9.17, 15) is 0 Å². The molecule has 0 fully saturated rings. The van der Waals surface area contributed by atoms with Crippen LogP contribution in [0, 0.1) is 0 Å². The standard InChI is InChI=1S/C5H8N2S/c8-2-1-5-3-6-4-7-5/h3-4,8H,1-2H2,(H,6,7). The van der Waals surface area contributed by atoms with E-state index in [0.29, 0.717) is 0 Å². The van der Waals surface area contributed by atoms with Crippen LogP contribution in [0.25, 0.3) is 0 Å². The molecule has 0 radical (unpaired) electrons. The van der Waals surface area contributed by atoms with Gasteiger partial charge in [0.2, 0.25) is 0 Å². The van der Waals surface area contributed by atoms with Crippen LogP contribution in [0.2, 0.25) is 0 Å². The molecule has 0 spiro atoms. The smallest absolute Gasteiger partial charge is 0.0921 e. The molecule has 0 unspecified atom stereocenters. The Labute approximate surface area is 53.7 Å². The number of thiol groups is 1. The van der Waals surface area contributed by atoms with Gasteiger partial charge in [0.05, 0.1) is 6.33 Å². The molecule has 1 N–H and O–H groups in total. The molecule has 3 heteroatoms. The first kappa shape index (κ1) is 5.69. The van der Waals surface area contributed by atoms with E-state index in [1.165, 1.54) is 0 Å². The molecule has 0 atom stereocenters. The third-order valence-electron chi connectivity index (χ3n) is 0.936. The minimum atomic E-state index is 0.877. The van der Waals surface area contributed by atoms with Crippen molar-refractivity contribution in [3.05, 3.63) is 18.2 Å². The molecule has 8 heavy (non-hydrogen) atoms. The number of nitrogens with one attached hydrogen (secondary N) is 1. The van der Waals surface area contributed by atoms with Gasteiger partial charge in [0, 0.05) is 11.9 Å². The van der Waals surface area contributed by atoms with Crippen molar-refractivity contribution in [2.75, 3.05) is 5.75 Å². The Bertz CT molecular complexity index is 136. The lowest BCUT2D eigenvalue weighted by molar-refractivity contribution is 1.08. The fourth-order valence-corrected chi connectivity index (χ4v) is 0.783. The Hall–Kier alpha value is -0.440. The molecular formula is C5H8N2S. The van der Waals surface area contributed by atoms with Crippen molar-refractivity contribution in [2.24, 2.45) is 0 Å². The number of imidazole rings is 1. The number of hydrogen-bond donors (Lipinski definition) is 2. The third kappa shape index (κ3) is 1.26. The summed E-state index contributed by atoms with van der Waals surface area (Å²) in [6, 6.07) is 0. The molecule has 1 rings (SSSR count). The van der Waals surface area contributed by atoms with Crippen LogP contribution in [0.5, 0.6) is 0 Å². The van der Waals surface area contributed by atoms with E-state index in [1.54, 1.807) is 6.33 Å². The largest absolute Gasteiger partial charge is 0.348 e. The maximum atomic E-state index is 4.06. The Kier molecular flexibility index (Phi) is 1.97. The maximum absolute atomic E-state index is 4.06. The van der Waals surface area contributed by atoms with Gasteiger partial charge < -0.3 is 4.98 Å². The number of nitrogens with zero attached hydrogens (tertiary/aromatic N) is 1. The number of aromatic amines is 1. The summed E-state index contributed by atoms with van der Waals surface area (Å²) < 4.78 is 0. The summed E-state index contributed by atoms with van der Waals surface area (Å²) in [5.74, 6) is 0.877. The number of hydrogen-bond acceptors (Lipinski definition) is 2. The van der Waals surface area contributed by atoms with Crippen molar-refractivity contribution < 1.29 is 0 Å². The maximum Gasteiger partial charge on any atom is 0.0921 e. The van der Waals surface area contributed by atoms with Gasteiger partial charge in [-0.25, -0.2) is 4.98 Å². The van der Waals surface area contributed by atoms with E-state index in [2.05, 4.69) is 22.6 Å². The normalized spacial score (nSPS) is 9.62. The monoisotopic (exact) mass is 128 g/mol. The molecule has 1 heterocycles. The highest BCUT2D eigenvalue weighted by molar-refractivity contribution is 7.80. The number of aromatic nitrogens is 2. The summed E-state index contributed by atoms with van der Waals surface area (Å²) in [5.41, 5.74) is 1.15. The SMILES string of the molecule is SCCc1cnc[nH]1. The predicted octanol–water partition coefficient (Wildman–Crippen LogP) is 0.882. The second kappa shape index (κ2) is 2.77. The van der Waals surface area contributed by atoms with Crippen molar-refractivity contribution >= 4 is 12.6 Å². The van der Waals surface area contributed by atoms with Crippen molar-refractivity contribution in [1.82, 2.24) is 9.97 Å². The van der Waals surface area contributed by atoms with Gasteiger partial charge in [-0.05, 0) is 12.2 Å². The predicted molar refractivity (Wildman–Crippen MR) is 36.1 cm³/mol. The molecule has 0 aliphatic rings. The van der Waals surface area contributed by atoms with Crippen LogP contribution in [0.1, 0.15) is 5.69 Å². The van der Waals surface area contributed by atoms with Crippen LogP contribution in [-0.2, 0) is 6.42 Å². The van der Waals surface area contributed by atoms with Crippen LogP contribution in [0.4, 0.5) is 0 Å². The van der Waals surface area contributed by atoms with E-state index in [1.807, 2.05) is 6.20 Å². The van der Waals surface area contributed by atoms with Crippen molar-refractivity contribution in [1.29, 1.82) is 0 Å². The van der Waals surface area contributed by atoms with E-state index in [4.69, 9.17) is 0 Å². The lowest BCUT2D eigenvalue weighted by Gasteiger charge is -1.85. The molecule has 1 aromatic heterocycles. The van der Waals surface area contributed by atoms with Gasteiger partial charge in [-0.2, -0.15) is 12.6 Å². The van der Waals surface area contributed by atoms with Crippen molar-refractivity contribution in [3.8, 4) is 0 Å². The molecule has 0 aliphatic carbocycles. The summed E-state index contributed by atoms with van der Waals surface area (Å²) >= 11 is 4.06. The van der Waals surface area contributed by atoms with Gasteiger partial charge in [-0.1, -0.05) is 0 Å². The molecule has 44 valence electrons. The van der Waals surface area contributed by atoms with E-state index < -0.39 is 0 Å². The highest BCUT2D eigenvalue weighted by Crippen LogP contribution is 1.92. The molecule has 0 saturated heterocycles. The molecule has 0 aromatic carbocycles. The van der Waals surface area contributed by atoms with Crippen LogP contribution >= 0.6 is 12.6 Å². The van der Waals surface area contributed by atoms with Gasteiger partial charge in [-0.15, -0.1) is 0 Å². The average Bonchev–Trinajstić information content (AvgIpc) is 2.19. The highest BCUT2D eigenvalue weighted by atomic mass is 32.1. The first-order valence-electron chi connectivity index (χ1n) is 2.51. The van der Waals surface area contributed by atoms with Gasteiger partial charge in [0.1, 0.15) is 0 Å². The Balaban J connectivity index is 2.50. The number of H-pyrrole nitrogens is 1. The zero-order valence-electron chi connectivity index (χ0n) is 4.46. The van der Waals surface area contributed by atoms with Crippen LogP contribution in [0.15, 0.2) is 12.5 Å². The van der Waals surface area contributed by atoms with E-state index in [0.717, 1.165) is 17.9 Å². The van der Waals surface area contributed by atoms with Crippen LogP contribution in [0.3, 0.4) is 0 Å². The van der Waals surface area contributed by atoms with Crippen molar-refractivity contribution in [2.45, 2.75) is 6.42 Å². The van der Waals surface area contributed by atoms with Gasteiger partial charge in [-0.3, -0.25) is 0 Å². The average molecular weight is 128 g/mol. The second-order valence-electron chi connectivity index (χ2n) is 1.55. The molecule has 2 nitrogen and oxygen atoms in total. The zero-order valence-corrected chi connectivity index (χ0v) is 5.36. The fraction of sp³-hybridized carbons (Fsp3) is 0.400.